The van der Waals surface area contributed by atoms with Crippen LogP contribution in [-0.2, 0) is 5.54 Å². The van der Waals surface area contributed by atoms with Gasteiger partial charge in [-0.3, -0.25) is 9.48 Å². The third-order valence-electron chi connectivity index (χ3n) is 2.69. The summed E-state index contributed by atoms with van der Waals surface area (Å²) in [5.41, 5.74) is 1.44. The lowest BCUT2D eigenvalue weighted by Gasteiger charge is -2.18. The first kappa shape index (κ1) is 13.3. The SMILES string of the molecule is Cc1ccnc(NC(=O)c2cnn(C(C)(C)C)c2)c1. The molecule has 0 atom stereocenters. The molecular formula is C14H18N4O. The lowest BCUT2D eigenvalue weighted by molar-refractivity contribution is 0.102. The summed E-state index contributed by atoms with van der Waals surface area (Å²) < 4.78 is 1.77. The van der Waals surface area contributed by atoms with Crippen LogP contribution in [0, 0.1) is 6.92 Å². The maximum Gasteiger partial charge on any atom is 0.260 e. The maximum absolute atomic E-state index is 12.1. The molecule has 2 aromatic rings. The van der Waals surface area contributed by atoms with Crippen molar-refractivity contribution in [1.82, 2.24) is 14.8 Å². The highest BCUT2D eigenvalue weighted by Gasteiger charge is 2.16. The Bertz CT molecular complexity index is 595. The van der Waals surface area contributed by atoms with Gasteiger partial charge in [0.1, 0.15) is 5.82 Å². The summed E-state index contributed by atoms with van der Waals surface area (Å²) in [5.74, 6) is 0.349. The summed E-state index contributed by atoms with van der Waals surface area (Å²) in [6.45, 7) is 8.05. The van der Waals surface area contributed by atoms with E-state index in [9.17, 15) is 4.79 Å². The molecule has 0 spiro atoms. The van der Waals surface area contributed by atoms with Crippen LogP contribution in [0.3, 0.4) is 0 Å². The van der Waals surface area contributed by atoms with Crippen molar-refractivity contribution in [3.8, 4) is 0 Å². The van der Waals surface area contributed by atoms with Crippen LogP contribution in [0.2, 0.25) is 0 Å². The van der Waals surface area contributed by atoms with E-state index in [0.717, 1.165) is 5.56 Å². The Hall–Kier alpha value is -2.17. The van der Waals surface area contributed by atoms with Crippen LogP contribution in [0.5, 0.6) is 0 Å². The van der Waals surface area contributed by atoms with Gasteiger partial charge in [0.15, 0.2) is 0 Å². The lowest BCUT2D eigenvalue weighted by Crippen LogP contribution is -2.22. The minimum atomic E-state index is -0.200. The summed E-state index contributed by atoms with van der Waals surface area (Å²) in [4.78, 5) is 16.2. The van der Waals surface area contributed by atoms with Crippen LogP contribution in [0.15, 0.2) is 30.7 Å². The van der Waals surface area contributed by atoms with Crippen molar-refractivity contribution in [2.24, 2.45) is 0 Å². The van der Waals surface area contributed by atoms with Gasteiger partial charge in [-0.25, -0.2) is 4.98 Å². The van der Waals surface area contributed by atoms with Gasteiger partial charge in [0.05, 0.1) is 17.3 Å². The first-order chi connectivity index (χ1) is 8.86. The van der Waals surface area contributed by atoms with E-state index in [2.05, 4.69) is 15.4 Å². The molecule has 1 amide bonds. The molecule has 0 bridgehead atoms. The Balaban J connectivity index is 2.14. The second-order valence-corrected chi connectivity index (χ2v) is 5.52. The van der Waals surface area contributed by atoms with Crippen LogP contribution in [-0.4, -0.2) is 20.7 Å². The van der Waals surface area contributed by atoms with E-state index in [1.54, 1.807) is 23.3 Å². The van der Waals surface area contributed by atoms with Crippen LogP contribution in [0.4, 0.5) is 5.82 Å². The first-order valence-corrected chi connectivity index (χ1v) is 6.15. The van der Waals surface area contributed by atoms with Crippen molar-refractivity contribution < 1.29 is 4.79 Å². The molecular weight excluding hydrogens is 240 g/mol. The zero-order valence-corrected chi connectivity index (χ0v) is 11.6. The van der Waals surface area contributed by atoms with Gasteiger partial charge in [-0.1, -0.05) is 0 Å². The third kappa shape index (κ3) is 3.19. The Kier molecular flexibility index (Phi) is 3.38. The van der Waals surface area contributed by atoms with Gasteiger partial charge in [-0.2, -0.15) is 5.10 Å². The number of aromatic nitrogens is 3. The molecule has 0 saturated carbocycles. The van der Waals surface area contributed by atoms with E-state index in [1.807, 2.05) is 39.8 Å². The summed E-state index contributed by atoms with van der Waals surface area (Å²) >= 11 is 0. The number of hydrogen-bond acceptors (Lipinski definition) is 3. The number of nitrogens with zero attached hydrogens (tertiary/aromatic N) is 3. The molecule has 2 aromatic heterocycles. The lowest BCUT2D eigenvalue weighted by atomic mass is 10.1. The van der Waals surface area contributed by atoms with Crippen LogP contribution in [0.1, 0.15) is 36.7 Å². The molecule has 2 heterocycles. The normalized spacial score (nSPS) is 11.4. The third-order valence-corrected chi connectivity index (χ3v) is 2.69. The number of carbonyl (C=O) groups excluding carboxylic acids is 1. The molecule has 0 unspecified atom stereocenters. The number of rotatable bonds is 2. The number of amides is 1. The van der Waals surface area contributed by atoms with Crippen molar-refractivity contribution in [1.29, 1.82) is 0 Å². The molecule has 0 aliphatic carbocycles. The smallest absolute Gasteiger partial charge is 0.260 e. The van der Waals surface area contributed by atoms with E-state index in [4.69, 9.17) is 0 Å². The second kappa shape index (κ2) is 4.84. The topological polar surface area (TPSA) is 59.8 Å². The van der Waals surface area contributed by atoms with Crippen molar-refractivity contribution in [2.45, 2.75) is 33.2 Å². The molecule has 100 valence electrons. The monoisotopic (exact) mass is 258 g/mol. The average Bonchev–Trinajstić information content (AvgIpc) is 2.77. The highest BCUT2D eigenvalue weighted by Crippen LogP contribution is 2.14. The minimum Gasteiger partial charge on any atom is -0.306 e. The Morgan fingerprint density at radius 1 is 1.37 bits per heavy atom. The molecule has 0 aliphatic rings. The van der Waals surface area contributed by atoms with E-state index in [0.29, 0.717) is 11.4 Å². The van der Waals surface area contributed by atoms with Crippen LogP contribution >= 0.6 is 0 Å². The van der Waals surface area contributed by atoms with Crippen molar-refractivity contribution in [2.75, 3.05) is 5.32 Å². The van der Waals surface area contributed by atoms with Crippen molar-refractivity contribution in [3.05, 3.63) is 41.9 Å². The summed E-state index contributed by atoms with van der Waals surface area (Å²) in [6.07, 6.45) is 4.98. The number of pyridine rings is 1. The summed E-state index contributed by atoms with van der Waals surface area (Å²) in [7, 11) is 0. The maximum atomic E-state index is 12.1. The van der Waals surface area contributed by atoms with Crippen molar-refractivity contribution in [3.63, 3.8) is 0 Å². The number of nitrogens with one attached hydrogen (secondary N) is 1. The highest BCUT2D eigenvalue weighted by atomic mass is 16.1. The predicted octanol–water partition coefficient (Wildman–Crippen LogP) is 2.59. The molecule has 0 saturated heterocycles. The summed E-state index contributed by atoms with van der Waals surface area (Å²) in [6, 6.07) is 3.71. The average molecular weight is 258 g/mol. The Morgan fingerprint density at radius 3 is 2.68 bits per heavy atom. The molecule has 0 aliphatic heterocycles. The Labute approximate surface area is 112 Å². The fourth-order valence-electron chi connectivity index (χ4n) is 1.60. The molecule has 1 N–H and O–H groups in total. The Morgan fingerprint density at radius 2 is 2.11 bits per heavy atom. The van der Waals surface area contributed by atoms with Gasteiger partial charge in [-0.15, -0.1) is 0 Å². The van der Waals surface area contributed by atoms with Crippen LogP contribution < -0.4 is 5.32 Å². The quantitative estimate of drug-likeness (QED) is 0.900. The number of aryl methyl sites for hydroxylation is 1. The predicted molar refractivity (Wildman–Crippen MR) is 74.2 cm³/mol. The number of hydrogen-bond donors (Lipinski definition) is 1. The molecule has 0 aromatic carbocycles. The van der Waals surface area contributed by atoms with E-state index in [1.165, 1.54) is 0 Å². The van der Waals surface area contributed by atoms with Crippen LogP contribution in [0.25, 0.3) is 0 Å². The van der Waals surface area contributed by atoms with Gasteiger partial charge in [0, 0.05) is 12.4 Å². The van der Waals surface area contributed by atoms with Gasteiger partial charge in [-0.05, 0) is 45.4 Å². The molecule has 5 nitrogen and oxygen atoms in total. The first-order valence-electron chi connectivity index (χ1n) is 6.15. The standard InChI is InChI=1S/C14H18N4O/c1-10-5-6-15-12(7-10)17-13(19)11-8-16-18(9-11)14(2,3)4/h5-9H,1-4H3,(H,15,17,19). The second-order valence-electron chi connectivity index (χ2n) is 5.52. The molecule has 0 radical (unpaired) electrons. The highest BCUT2D eigenvalue weighted by molar-refractivity contribution is 6.03. The van der Waals surface area contributed by atoms with E-state index < -0.39 is 0 Å². The zero-order valence-electron chi connectivity index (χ0n) is 11.6. The van der Waals surface area contributed by atoms with E-state index in [-0.39, 0.29) is 11.4 Å². The number of carbonyl (C=O) groups is 1. The largest absolute Gasteiger partial charge is 0.306 e. The fraction of sp³-hybridized carbons (Fsp3) is 0.357. The van der Waals surface area contributed by atoms with Gasteiger partial charge in [0.25, 0.3) is 5.91 Å². The minimum absolute atomic E-state index is 0.139. The van der Waals surface area contributed by atoms with Gasteiger partial charge in [0.2, 0.25) is 0 Å². The summed E-state index contributed by atoms with van der Waals surface area (Å²) in [5, 5.41) is 6.96. The molecule has 5 heteroatoms. The number of anilines is 1. The zero-order chi connectivity index (χ0) is 14.0. The fourth-order valence-corrected chi connectivity index (χ4v) is 1.60. The van der Waals surface area contributed by atoms with Gasteiger partial charge >= 0.3 is 0 Å². The van der Waals surface area contributed by atoms with Gasteiger partial charge < -0.3 is 5.32 Å². The molecule has 19 heavy (non-hydrogen) atoms. The molecule has 0 fully saturated rings. The van der Waals surface area contributed by atoms with E-state index >= 15 is 0 Å². The van der Waals surface area contributed by atoms with Crippen molar-refractivity contribution >= 4 is 11.7 Å². The molecule has 2 rings (SSSR count).